The van der Waals surface area contributed by atoms with Crippen molar-refractivity contribution in [3.05, 3.63) is 24.3 Å². The number of carbonyl (C=O) groups is 4. The summed E-state index contributed by atoms with van der Waals surface area (Å²) in [6.07, 6.45) is 59.1. The number of aliphatic hydroxyl groups is 1. The SMILES string of the molecule is CCCCCC/C=C\C=C/CCCCCCCC(=O)OC[C@H](COP(=O)(O)OC[C@@H](O)COP(=O)(O)OC[C@@H](COC(=O)CCCCCCCCCCCC)OC(=O)CCCCCCCCCCCC(C)C)OC(=O)CCCCCCCCCCCCCCCCCCC(C)C. The molecule has 96 heavy (non-hydrogen) atoms. The molecule has 0 saturated heterocycles. The van der Waals surface area contributed by atoms with Crippen LogP contribution in [-0.2, 0) is 65.4 Å². The normalized spacial score (nSPS) is 14.2. The molecule has 17 nitrogen and oxygen atoms in total. The first kappa shape index (κ1) is 93.5. The van der Waals surface area contributed by atoms with Crippen LogP contribution >= 0.6 is 15.6 Å². The molecule has 0 fully saturated rings. The van der Waals surface area contributed by atoms with E-state index in [-0.39, 0.29) is 25.7 Å². The molecule has 0 aromatic rings. The Balaban J connectivity index is 5.27. The van der Waals surface area contributed by atoms with Gasteiger partial charge in [-0.1, -0.05) is 323 Å². The lowest BCUT2D eigenvalue weighted by molar-refractivity contribution is -0.161. The number of unbranched alkanes of at least 4 members (excludes halogenated alkanes) is 41. The van der Waals surface area contributed by atoms with Gasteiger partial charge in [0.25, 0.3) is 0 Å². The fraction of sp³-hybridized carbons (Fsp3) is 0.896. The maximum Gasteiger partial charge on any atom is 0.472 e. The van der Waals surface area contributed by atoms with Crippen molar-refractivity contribution in [3.8, 4) is 0 Å². The minimum atomic E-state index is -4.97. The highest BCUT2D eigenvalue weighted by Gasteiger charge is 2.30. The van der Waals surface area contributed by atoms with Crippen LogP contribution in [0.3, 0.4) is 0 Å². The van der Waals surface area contributed by atoms with E-state index in [4.69, 9.17) is 37.0 Å². The van der Waals surface area contributed by atoms with Crippen molar-refractivity contribution in [1.29, 1.82) is 0 Å². The molecule has 0 bridgehead atoms. The van der Waals surface area contributed by atoms with Crippen LogP contribution in [0.4, 0.5) is 0 Å². The first-order valence-electron chi connectivity index (χ1n) is 39.3. The molecule has 566 valence electrons. The molecule has 0 aliphatic carbocycles. The Bertz CT molecular complexity index is 1950. The number of allylic oxidation sites excluding steroid dienone is 4. The van der Waals surface area contributed by atoms with E-state index in [0.717, 1.165) is 121 Å². The number of ether oxygens (including phenoxy) is 4. The zero-order valence-electron chi connectivity index (χ0n) is 62.2. The van der Waals surface area contributed by atoms with E-state index in [1.54, 1.807) is 0 Å². The molecule has 19 heteroatoms. The van der Waals surface area contributed by atoms with E-state index in [2.05, 4.69) is 65.8 Å². The Hall–Kier alpha value is -2.46. The van der Waals surface area contributed by atoms with Gasteiger partial charge in [-0.25, -0.2) is 9.13 Å². The molecule has 2 unspecified atom stereocenters. The quantitative estimate of drug-likeness (QED) is 0.0169. The van der Waals surface area contributed by atoms with Crippen molar-refractivity contribution < 1.29 is 80.2 Å². The summed E-state index contributed by atoms with van der Waals surface area (Å²) in [4.78, 5) is 72.8. The largest absolute Gasteiger partial charge is 0.472 e. The van der Waals surface area contributed by atoms with Crippen molar-refractivity contribution in [3.63, 3.8) is 0 Å². The van der Waals surface area contributed by atoms with Gasteiger partial charge in [-0.3, -0.25) is 37.3 Å². The molecule has 0 heterocycles. The summed E-state index contributed by atoms with van der Waals surface area (Å²) in [5.74, 6) is -0.603. The standard InChI is InChI=1S/C77H146O17P2/c1-7-9-11-13-15-17-19-20-23-27-30-36-42-48-54-60-75(80)88-66-72(93-76(81)61-55-49-43-37-31-28-25-22-21-24-26-29-33-39-45-51-57-69(3)4)67-91-95(83,84)89-63-71(78)64-90-96(85,86)92-68-73(65-87-74(79)59-53-47-41-35-18-16-14-12-10-8-2)94-77(82)62-56-50-44-38-32-34-40-46-52-58-70(5)6/h17,19-20,23,69-73,78H,7-16,18,21-22,24-68H2,1-6H3,(H,83,84)(H,85,86)/b19-17-,23-20-/t71-,72-,73-/m1/s1. The minimum Gasteiger partial charge on any atom is -0.462 e. The van der Waals surface area contributed by atoms with Gasteiger partial charge in [0.05, 0.1) is 26.4 Å². The van der Waals surface area contributed by atoms with Crippen molar-refractivity contribution in [2.45, 2.75) is 394 Å². The molecular formula is C77H146O17P2. The third-order valence-electron chi connectivity index (χ3n) is 17.3. The molecule has 0 aliphatic heterocycles. The first-order valence-corrected chi connectivity index (χ1v) is 42.3. The van der Waals surface area contributed by atoms with Crippen LogP contribution in [0.25, 0.3) is 0 Å². The van der Waals surface area contributed by atoms with E-state index in [0.29, 0.717) is 25.7 Å². The number of phosphoric acid groups is 2. The molecule has 5 atom stereocenters. The number of phosphoric ester groups is 2. The van der Waals surface area contributed by atoms with E-state index >= 15 is 0 Å². The van der Waals surface area contributed by atoms with Crippen LogP contribution in [-0.4, -0.2) is 96.7 Å². The van der Waals surface area contributed by atoms with Crippen molar-refractivity contribution in [2.75, 3.05) is 39.6 Å². The zero-order valence-corrected chi connectivity index (χ0v) is 63.9. The second-order valence-corrected chi connectivity index (χ2v) is 30.9. The van der Waals surface area contributed by atoms with Gasteiger partial charge in [0.1, 0.15) is 19.3 Å². The molecule has 0 aliphatic rings. The van der Waals surface area contributed by atoms with Gasteiger partial charge in [-0.2, -0.15) is 0 Å². The van der Waals surface area contributed by atoms with Crippen LogP contribution in [0.15, 0.2) is 24.3 Å². The molecule has 0 aromatic carbocycles. The molecular weight excluding hydrogens is 1260 g/mol. The third kappa shape index (κ3) is 70.0. The zero-order chi connectivity index (χ0) is 70.7. The molecule has 0 saturated carbocycles. The second kappa shape index (κ2) is 68.3. The van der Waals surface area contributed by atoms with Crippen LogP contribution in [0, 0.1) is 11.8 Å². The lowest BCUT2D eigenvalue weighted by Crippen LogP contribution is -2.30. The molecule has 0 spiro atoms. The van der Waals surface area contributed by atoms with Gasteiger partial charge in [0, 0.05) is 25.7 Å². The summed E-state index contributed by atoms with van der Waals surface area (Å²) in [6.45, 7) is 9.53. The highest BCUT2D eigenvalue weighted by atomic mass is 31.2. The predicted molar refractivity (Wildman–Crippen MR) is 391 cm³/mol. The molecule has 0 aromatic heterocycles. The minimum absolute atomic E-state index is 0.101. The number of hydrogen-bond acceptors (Lipinski definition) is 15. The highest BCUT2D eigenvalue weighted by Crippen LogP contribution is 2.45. The number of carbonyl (C=O) groups excluding carboxylic acids is 4. The van der Waals surface area contributed by atoms with E-state index in [1.165, 1.54) is 173 Å². The number of aliphatic hydroxyl groups excluding tert-OH is 1. The van der Waals surface area contributed by atoms with Crippen LogP contribution in [0.2, 0.25) is 0 Å². The Morgan fingerprint density at radius 3 is 0.854 bits per heavy atom. The summed E-state index contributed by atoms with van der Waals surface area (Å²) in [5.41, 5.74) is 0. The van der Waals surface area contributed by atoms with E-state index in [1.807, 2.05) is 0 Å². The predicted octanol–water partition coefficient (Wildman–Crippen LogP) is 22.3. The van der Waals surface area contributed by atoms with Gasteiger partial charge in [-0.05, 0) is 63.2 Å². The number of hydrogen-bond donors (Lipinski definition) is 3. The van der Waals surface area contributed by atoms with Crippen molar-refractivity contribution in [2.24, 2.45) is 11.8 Å². The lowest BCUT2D eigenvalue weighted by Gasteiger charge is -2.21. The van der Waals surface area contributed by atoms with Crippen molar-refractivity contribution >= 4 is 39.5 Å². The highest BCUT2D eigenvalue weighted by molar-refractivity contribution is 7.47. The topological polar surface area (TPSA) is 237 Å². The van der Waals surface area contributed by atoms with Gasteiger partial charge in [-0.15, -0.1) is 0 Å². The van der Waals surface area contributed by atoms with Gasteiger partial charge >= 0.3 is 39.5 Å². The first-order chi connectivity index (χ1) is 46.4. The summed E-state index contributed by atoms with van der Waals surface area (Å²) >= 11 is 0. The average Bonchev–Trinajstić information content (AvgIpc) is 1.78. The summed E-state index contributed by atoms with van der Waals surface area (Å²) in [5, 5.41) is 10.6. The third-order valence-corrected chi connectivity index (χ3v) is 19.2. The molecule has 0 rings (SSSR count). The van der Waals surface area contributed by atoms with Gasteiger partial charge in [0.2, 0.25) is 0 Å². The summed E-state index contributed by atoms with van der Waals surface area (Å²) in [6, 6.07) is 0. The maximum absolute atomic E-state index is 13.1. The smallest absolute Gasteiger partial charge is 0.462 e. The second-order valence-electron chi connectivity index (χ2n) is 28.0. The molecule has 3 N–H and O–H groups in total. The van der Waals surface area contributed by atoms with Crippen LogP contribution in [0.5, 0.6) is 0 Å². The Labute approximate surface area is 586 Å². The number of rotatable bonds is 74. The van der Waals surface area contributed by atoms with Crippen LogP contribution < -0.4 is 0 Å². The van der Waals surface area contributed by atoms with Gasteiger partial charge < -0.3 is 33.8 Å². The van der Waals surface area contributed by atoms with Crippen LogP contribution in [0.1, 0.15) is 375 Å². The van der Waals surface area contributed by atoms with Gasteiger partial charge in [0.15, 0.2) is 12.2 Å². The molecule has 0 radical (unpaired) electrons. The summed E-state index contributed by atoms with van der Waals surface area (Å²) < 4.78 is 68.5. The number of esters is 4. The Morgan fingerprint density at radius 2 is 0.562 bits per heavy atom. The van der Waals surface area contributed by atoms with Crippen molar-refractivity contribution in [1.82, 2.24) is 0 Å². The van der Waals surface area contributed by atoms with E-state index in [9.17, 15) is 43.2 Å². The fourth-order valence-corrected chi connectivity index (χ4v) is 12.9. The maximum atomic E-state index is 13.1. The monoisotopic (exact) mass is 1410 g/mol. The lowest BCUT2D eigenvalue weighted by atomic mass is 10.0. The fourth-order valence-electron chi connectivity index (χ4n) is 11.3. The average molecular weight is 1410 g/mol. The molecule has 0 amide bonds. The Morgan fingerprint density at radius 1 is 0.323 bits per heavy atom. The van der Waals surface area contributed by atoms with E-state index < -0.39 is 97.5 Å². The Kier molecular flexibility index (Phi) is 66.6. The summed E-state index contributed by atoms with van der Waals surface area (Å²) in [7, 11) is -9.92.